The molecule has 0 aromatic heterocycles. The Labute approximate surface area is 97.2 Å². The van der Waals surface area contributed by atoms with E-state index in [-0.39, 0.29) is 0 Å². The molecule has 0 heterocycles. The largest absolute Gasteiger partial charge is 0.0623 e. The predicted octanol–water partition coefficient (Wildman–Crippen LogP) is 4.15. The fourth-order valence-electron chi connectivity index (χ4n) is 1.50. The van der Waals surface area contributed by atoms with Gasteiger partial charge >= 0.3 is 0 Å². The van der Waals surface area contributed by atoms with Gasteiger partial charge in [-0.2, -0.15) is 0 Å². The Bertz CT molecular complexity index is 473. The van der Waals surface area contributed by atoms with Gasteiger partial charge in [-0.1, -0.05) is 72.3 Å². The van der Waals surface area contributed by atoms with Crippen molar-refractivity contribution >= 4 is 0 Å². The van der Waals surface area contributed by atoms with Crippen LogP contribution in [0.4, 0.5) is 0 Å². The zero-order valence-electron chi connectivity index (χ0n) is 9.56. The molecular formula is C16H16. The Morgan fingerprint density at radius 2 is 1.12 bits per heavy atom. The van der Waals surface area contributed by atoms with E-state index in [1.807, 2.05) is 18.2 Å². The van der Waals surface area contributed by atoms with Gasteiger partial charge in [0.25, 0.3) is 0 Å². The van der Waals surface area contributed by atoms with Gasteiger partial charge in [-0.3, -0.25) is 0 Å². The fraction of sp³-hybridized carbons (Fsp3) is 0.125. The second-order valence-electron chi connectivity index (χ2n) is 3.99. The highest BCUT2D eigenvalue weighted by Crippen LogP contribution is 2.23. The van der Waals surface area contributed by atoms with Crippen LogP contribution in [0.3, 0.4) is 0 Å². The van der Waals surface area contributed by atoms with Crippen LogP contribution in [0.5, 0.6) is 0 Å². The summed E-state index contributed by atoms with van der Waals surface area (Å²) in [6.07, 6.45) is 1.14. The van der Waals surface area contributed by atoms with Crippen molar-refractivity contribution < 1.29 is 0 Å². The van der Waals surface area contributed by atoms with Gasteiger partial charge in [0.2, 0.25) is 0 Å². The summed E-state index contributed by atoms with van der Waals surface area (Å²) in [6.45, 7) is 2.11. The average molecular weight is 208 g/mol. The van der Waals surface area contributed by atoms with Crippen LogP contribution < -0.4 is 0 Å². The molecular weight excluding hydrogens is 192 g/mol. The lowest BCUT2D eigenvalue weighted by atomic mass is 10.3. The van der Waals surface area contributed by atoms with E-state index < -0.39 is 0 Å². The van der Waals surface area contributed by atoms with Crippen molar-refractivity contribution in [2.75, 3.05) is 0 Å². The van der Waals surface area contributed by atoms with Gasteiger partial charge in [0.1, 0.15) is 0 Å². The molecule has 0 amide bonds. The van der Waals surface area contributed by atoms with Gasteiger partial charge in [0, 0.05) is 0 Å². The van der Waals surface area contributed by atoms with Crippen LogP contribution in [-0.2, 0) is 6.42 Å². The van der Waals surface area contributed by atoms with Crippen LogP contribution in [0.1, 0.15) is 16.7 Å². The monoisotopic (exact) mass is 208 g/mol. The minimum atomic E-state index is 1.14. The molecule has 1 aliphatic carbocycles. The summed E-state index contributed by atoms with van der Waals surface area (Å²) in [5, 5.41) is 0. The van der Waals surface area contributed by atoms with E-state index in [4.69, 9.17) is 0 Å². The van der Waals surface area contributed by atoms with E-state index in [0.29, 0.717) is 0 Å². The molecule has 1 aliphatic rings. The third-order valence-electron chi connectivity index (χ3n) is 2.54. The molecule has 1 aromatic rings. The summed E-state index contributed by atoms with van der Waals surface area (Å²) in [5.74, 6) is 0. The quantitative estimate of drug-likeness (QED) is 0.610. The first-order valence-corrected chi connectivity index (χ1v) is 5.61. The summed E-state index contributed by atoms with van der Waals surface area (Å²) in [5.41, 5.74) is 4.16. The minimum Gasteiger partial charge on any atom is -0.0623 e. The molecule has 0 saturated heterocycles. The molecule has 1 aromatic carbocycles. The van der Waals surface area contributed by atoms with Gasteiger partial charge in [-0.05, 0) is 24.5 Å². The van der Waals surface area contributed by atoms with Crippen molar-refractivity contribution in [2.24, 2.45) is 0 Å². The molecule has 0 atom stereocenters. The lowest BCUT2D eigenvalue weighted by Crippen LogP contribution is -1.59. The smallest absolute Gasteiger partial charge is 0.00201 e. The maximum Gasteiger partial charge on any atom is -0.00201 e. The standard InChI is InChI=1S/C16H16/c1-14-9-6-4-2-3-5-7-11-15-13-16(15)12-8-10-14/h2-12H,13H2,1H3. The molecule has 16 heavy (non-hydrogen) atoms. The van der Waals surface area contributed by atoms with Crippen LogP contribution in [0.15, 0.2) is 66.7 Å². The predicted molar refractivity (Wildman–Crippen MR) is 69.2 cm³/mol. The second kappa shape index (κ2) is 5.32. The molecule has 0 aliphatic heterocycles. The maximum absolute atomic E-state index is 2.20. The Kier molecular flexibility index (Phi) is 3.55. The van der Waals surface area contributed by atoms with Gasteiger partial charge in [-0.25, -0.2) is 0 Å². The van der Waals surface area contributed by atoms with Crippen molar-refractivity contribution in [3.8, 4) is 0 Å². The molecule has 0 heteroatoms. The van der Waals surface area contributed by atoms with Crippen LogP contribution in [0.25, 0.3) is 0 Å². The first kappa shape index (κ1) is 10.7. The summed E-state index contributed by atoms with van der Waals surface area (Å²) < 4.78 is 0. The molecule has 0 N–H and O–H groups in total. The second-order valence-corrected chi connectivity index (χ2v) is 3.99. The lowest BCUT2D eigenvalue weighted by Gasteiger charge is -1.79. The highest BCUT2D eigenvalue weighted by atomic mass is 14.1. The molecule has 0 nitrogen and oxygen atoms in total. The maximum atomic E-state index is 2.20. The number of aryl methyl sites for hydroxylation is 1. The van der Waals surface area contributed by atoms with Crippen LogP contribution in [-0.4, -0.2) is 0 Å². The molecule has 2 rings (SSSR count). The Morgan fingerprint density at radius 3 is 1.88 bits per heavy atom. The molecule has 0 unspecified atom stereocenters. The van der Waals surface area contributed by atoms with E-state index in [9.17, 15) is 0 Å². The molecule has 0 bridgehead atoms. The van der Waals surface area contributed by atoms with E-state index >= 15 is 0 Å². The normalized spacial score (nSPS) is 10.6. The van der Waals surface area contributed by atoms with Gasteiger partial charge in [-0.15, -0.1) is 0 Å². The van der Waals surface area contributed by atoms with Crippen LogP contribution >= 0.6 is 0 Å². The number of fused-ring (bicyclic) bond motifs is 1. The van der Waals surface area contributed by atoms with E-state index in [2.05, 4.69) is 55.5 Å². The minimum absolute atomic E-state index is 1.14. The molecule has 0 radical (unpaired) electrons. The molecule has 0 saturated carbocycles. The van der Waals surface area contributed by atoms with Crippen molar-refractivity contribution in [2.45, 2.75) is 13.3 Å². The molecule has 0 spiro atoms. The van der Waals surface area contributed by atoms with E-state index in [1.54, 1.807) is 0 Å². The summed E-state index contributed by atoms with van der Waals surface area (Å²) in [4.78, 5) is 0. The lowest BCUT2D eigenvalue weighted by molar-refractivity contribution is 1.49. The van der Waals surface area contributed by atoms with E-state index in [0.717, 1.165) is 6.42 Å². The average Bonchev–Trinajstić information content (AvgIpc) is 3.00. The summed E-state index contributed by atoms with van der Waals surface area (Å²) >= 11 is 0. The van der Waals surface area contributed by atoms with Crippen molar-refractivity contribution in [1.29, 1.82) is 0 Å². The third kappa shape index (κ3) is 3.39. The summed E-state index contributed by atoms with van der Waals surface area (Å²) in [6, 6.07) is 23.1. The fourth-order valence-corrected chi connectivity index (χ4v) is 1.50. The van der Waals surface area contributed by atoms with E-state index in [1.165, 1.54) is 16.7 Å². The number of hydrogen-bond donors (Lipinski definition) is 0. The van der Waals surface area contributed by atoms with Crippen molar-refractivity contribution in [3.63, 3.8) is 0 Å². The van der Waals surface area contributed by atoms with Crippen molar-refractivity contribution in [3.05, 3.63) is 83.4 Å². The SMILES string of the molecule is Cc1ccccccccc2c(ccc1)C2. The first-order chi connectivity index (χ1) is 7.86. The van der Waals surface area contributed by atoms with Gasteiger partial charge in [0.05, 0.1) is 0 Å². The van der Waals surface area contributed by atoms with Crippen molar-refractivity contribution in [1.82, 2.24) is 0 Å². The highest BCUT2D eigenvalue weighted by Gasteiger charge is 2.10. The van der Waals surface area contributed by atoms with Crippen LogP contribution in [0.2, 0.25) is 0 Å². The Morgan fingerprint density at radius 1 is 0.625 bits per heavy atom. The Balaban J connectivity index is 2.44. The molecule has 0 fully saturated rings. The Hall–Kier alpha value is -1.82. The first-order valence-electron chi connectivity index (χ1n) is 5.61. The highest BCUT2D eigenvalue weighted by molar-refractivity contribution is 5.42. The number of rotatable bonds is 0. The number of hydrogen-bond acceptors (Lipinski definition) is 0. The molecule has 80 valence electrons. The van der Waals surface area contributed by atoms with Gasteiger partial charge < -0.3 is 0 Å². The summed E-state index contributed by atoms with van der Waals surface area (Å²) in [7, 11) is 0. The topological polar surface area (TPSA) is 0 Å². The zero-order chi connectivity index (χ0) is 11.2. The van der Waals surface area contributed by atoms with Crippen LogP contribution in [0, 0.1) is 6.92 Å². The zero-order valence-corrected chi connectivity index (χ0v) is 9.56. The third-order valence-corrected chi connectivity index (χ3v) is 2.54. The van der Waals surface area contributed by atoms with Gasteiger partial charge in [0.15, 0.2) is 0 Å².